The van der Waals surface area contributed by atoms with Gasteiger partial charge in [-0.3, -0.25) is 9.59 Å². The fourth-order valence-corrected chi connectivity index (χ4v) is 2.67. The smallest absolute Gasteiger partial charge is 0.256 e. The number of hydrogen-bond donors (Lipinski definition) is 1. The highest BCUT2D eigenvalue weighted by molar-refractivity contribution is 9.10. The normalized spacial score (nSPS) is 22.6. The van der Waals surface area contributed by atoms with Crippen LogP contribution in [0, 0.1) is 17.7 Å². The molecule has 1 saturated heterocycles. The highest BCUT2D eigenvalue weighted by Crippen LogP contribution is 2.25. The van der Waals surface area contributed by atoms with Crippen LogP contribution in [0.25, 0.3) is 0 Å². The second kappa shape index (κ2) is 5.28. The van der Waals surface area contributed by atoms with Crippen molar-refractivity contribution in [3.8, 4) is 0 Å². The number of primary amides is 1. The SMILES string of the molecule is C[C@@H]1CN(C(=O)c2ccc(Br)cc2F)C[C@H]1C(N)=O. The maximum absolute atomic E-state index is 13.7. The Morgan fingerprint density at radius 1 is 1.42 bits per heavy atom. The minimum absolute atomic E-state index is 0.0000374. The first kappa shape index (κ1) is 14.0. The van der Waals surface area contributed by atoms with Crippen molar-refractivity contribution in [2.24, 2.45) is 17.6 Å². The Kier molecular flexibility index (Phi) is 3.89. The van der Waals surface area contributed by atoms with E-state index in [1.54, 1.807) is 6.07 Å². The van der Waals surface area contributed by atoms with Gasteiger partial charge in [0.05, 0.1) is 11.5 Å². The maximum atomic E-state index is 13.7. The predicted octanol–water partition coefficient (Wildman–Crippen LogP) is 1.78. The molecule has 4 nitrogen and oxygen atoms in total. The molecular formula is C13H14BrFN2O2. The lowest BCUT2D eigenvalue weighted by Gasteiger charge is -2.16. The third kappa shape index (κ3) is 2.78. The summed E-state index contributed by atoms with van der Waals surface area (Å²) in [5.41, 5.74) is 5.30. The van der Waals surface area contributed by atoms with Crippen molar-refractivity contribution in [2.75, 3.05) is 13.1 Å². The molecule has 0 unspecified atom stereocenters. The minimum Gasteiger partial charge on any atom is -0.369 e. The molecule has 6 heteroatoms. The molecule has 0 aliphatic carbocycles. The number of carbonyl (C=O) groups is 2. The van der Waals surface area contributed by atoms with E-state index in [9.17, 15) is 14.0 Å². The van der Waals surface area contributed by atoms with Gasteiger partial charge >= 0.3 is 0 Å². The van der Waals surface area contributed by atoms with Crippen LogP contribution in [0.2, 0.25) is 0 Å². The van der Waals surface area contributed by atoms with Crippen molar-refractivity contribution in [2.45, 2.75) is 6.92 Å². The molecule has 1 aliphatic rings. The van der Waals surface area contributed by atoms with Gasteiger partial charge < -0.3 is 10.6 Å². The number of nitrogens with two attached hydrogens (primary N) is 1. The number of nitrogens with zero attached hydrogens (tertiary/aromatic N) is 1. The van der Waals surface area contributed by atoms with Crippen molar-refractivity contribution in [1.29, 1.82) is 0 Å². The number of hydrogen-bond acceptors (Lipinski definition) is 2. The van der Waals surface area contributed by atoms with Gasteiger partial charge in [0, 0.05) is 17.6 Å². The van der Waals surface area contributed by atoms with E-state index < -0.39 is 17.6 Å². The van der Waals surface area contributed by atoms with Gasteiger partial charge in [0.1, 0.15) is 5.82 Å². The molecule has 0 spiro atoms. The Bertz CT molecular complexity index is 535. The first-order valence-corrected chi connectivity index (χ1v) is 6.73. The summed E-state index contributed by atoms with van der Waals surface area (Å²) in [5.74, 6) is -1.75. The first-order valence-electron chi connectivity index (χ1n) is 5.93. The topological polar surface area (TPSA) is 63.4 Å². The molecule has 1 aromatic rings. The quantitative estimate of drug-likeness (QED) is 0.899. The minimum atomic E-state index is -0.574. The third-order valence-electron chi connectivity index (χ3n) is 3.43. The number of carbonyl (C=O) groups excluding carboxylic acids is 2. The monoisotopic (exact) mass is 328 g/mol. The van der Waals surface area contributed by atoms with E-state index in [0.717, 1.165) is 0 Å². The molecule has 102 valence electrons. The van der Waals surface area contributed by atoms with Gasteiger partial charge in [-0.15, -0.1) is 0 Å². The van der Waals surface area contributed by atoms with Crippen molar-refractivity contribution in [3.05, 3.63) is 34.1 Å². The van der Waals surface area contributed by atoms with Crippen LogP contribution in [-0.2, 0) is 4.79 Å². The van der Waals surface area contributed by atoms with E-state index >= 15 is 0 Å². The first-order chi connectivity index (χ1) is 8.90. The zero-order valence-electron chi connectivity index (χ0n) is 10.4. The Balaban J connectivity index is 2.19. The van der Waals surface area contributed by atoms with E-state index in [4.69, 9.17) is 5.73 Å². The van der Waals surface area contributed by atoms with Crippen LogP contribution >= 0.6 is 15.9 Å². The Morgan fingerprint density at radius 3 is 2.63 bits per heavy atom. The van der Waals surface area contributed by atoms with Crippen LogP contribution in [0.1, 0.15) is 17.3 Å². The van der Waals surface area contributed by atoms with Gasteiger partial charge in [0.2, 0.25) is 5.91 Å². The van der Waals surface area contributed by atoms with Gasteiger partial charge in [-0.05, 0) is 24.1 Å². The molecule has 19 heavy (non-hydrogen) atoms. The highest BCUT2D eigenvalue weighted by atomic mass is 79.9. The van der Waals surface area contributed by atoms with Crippen LogP contribution in [0.4, 0.5) is 4.39 Å². The lowest BCUT2D eigenvalue weighted by molar-refractivity contribution is -0.122. The van der Waals surface area contributed by atoms with Crippen LogP contribution < -0.4 is 5.73 Å². The van der Waals surface area contributed by atoms with E-state index in [0.29, 0.717) is 11.0 Å². The summed E-state index contributed by atoms with van der Waals surface area (Å²) in [5, 5.41) is 0. The van der Waals surface area contributed by atoms with Gasteiger partial charge in [-0.25, -0.2) is 4.39 Å². The van der Waals surface area contributed by atoms with Crippen LogP contribution in [0.3, 0.4) is 0 Å². The van der Waals surface area contributed by atoms with Gasteiger partial charge in [-0.1, -0.05) is 22.9 Å². The fourth-order valence-electron chi connectivity index (χ4n) is 2.34. The molecule has 2 amide bonds. The Morgan fingerprint density at radius 2 is 2.11 bits per heavy atom. The van der Waals surface area contributed by atoms with Gasteiger partial charge in [0.25, 0.3) is 5.91 Å². The molecule has 2 atom stereocenters. The molecule has 0 bridgehead atoms. The molecule has 0 saturated carbocycles. The molecule has 0 radical (unpaired) electrons. The summed E-state index contributed by atoms with van der Waals surface area (Å²) in [6.07, 6.45) is 0. The standard InChI is InChI=1S/C13H14BrFN2O2/c1-7-5-17(6-10(7)12(16)18)13(19)9-3-2-8(14)4-11(9)15/h2-4,7,10H,5-6H2,1H3,(H2,16,18)/t7-,10-/m1/s1. The number of amides is 2. The largest absolute Gasteiger partial charge is 0.369 e. The summed E-state index contributed by atoms with van der Waals surface area (Å²) in [7, 11) is 0. The fraction of sp³-hybridized carbons (Fsp3) is 0.385. The Labute approximate surface area is 118 Å². The number of rotatable bonds is 2. The average molecular weight is 329 g/mol. The molecule has 2 N–H and O–H groups in total. The molecule has 1 aliphatic heterocycles. The summed E-state index contributed by atoms with van der Waals surface area (Å²) >= 11 is 3.14. The van der Waals surface area contributed by atoms with Crippen molar-refractivity contribution in [3.63, 3.8) is 0 Å². The third-order valence-corrected chi connectivity index (χ3v) is 3.92. The molecule has 1 heterocycles. The Hall–Kier alpha value is -1.43. The summed E-state index contributed by atoms with van der Waals surface area (Å²) in [6.45, 7) is 2.54. The molecule has 1 aromatic carbocycles. The van der Waals surface area contributed by atoms with Crippen LogP contribution in [0.5, 0.6) is 0 Å². The number of benzene rings is 1. The van der Waals surface area contributed by atoms with E-state index in [-0.39, 0.29) is 23.9 Å². The predicted molar refractivity (Wildman–Crippen MR) is 71.9 cm³/mol. The number of halogens is 2. The molecule has 0 aromatic heterocycles. The molecule has 1 fully saturated rings. The summed E-state index contributed by atoms with van der Waals surface area (Å²) < 4.78 is 14.3. The van der Waals surface area contributed by atoms with Crippen LogP contribution in [-0.4, -0.2) is 29.8 Å². The van der Waals surface area contributed by atoms with Crippen molar-refractivity contribution >= 4 is 27.7 Å². The lowest BCUT2D eigenvalue weighted by atomic mass is 9.98. The summed E-state index contributed by atoms with van der Waals surface area (Å²) in [4.78, 5) is 24.9. The van der Waals surface area contributed by atoms with Crippen molar-refractivity contribution in [1.82, 2.24) is 4.90 Å². The van der Waals surface area contributed by atoms with Gasteiger partial charge in [0.15, 0.2) is 0 Å². The summed E-state index contributed by atoms with van der Waals surface area (Å²) in [6, 6.07) is 4.30. The van der Waals surface area contributed by atoms with Crippen molar-refractivity contribution < 1.29 is 14.0 Å². The maximum Gasteiger partial charge on any atom is 0.256 e. The van der Waals surface area contributed by atoms with E-state index in [2.05, 4.69) is 15.9 Å². The molecule has 2 rings (SSSR count). The molecular weight excluding hydrogens is 315 g/mol. The zero-order chi connectivity index (χ0) is 14.2. The number of likely N-dealkylation sites (tertiary alicyclic amines) is 1. The highest BCUT2D eigenvalue weighted by Gasteiger charge is 2.36. The second-order valence-corrected chi connectivity index (χ2v) is 5.74. The van der Waals surface area contributed by atoms with Gasteiger partial charge in [-0.2, -0.15) is 0 Å². The average Bonchev–Trinajstić information content (AvgIpc) is 2.70. The second-order valence-electron chi connectivity index (χ2n) is 4.82. The van der Waals surface area contributed by atoms with Crippen LogP contribution in [0.15, 0.2) is 22.7 Å². The zero-order valence-corrected chi connectivity index (χ0v) is 12.0. The van der Waals surface area contributed by atoms with E-state index in [1.807, 2.05) is 6.92 Å². The van der Waals surface area contributed by atoms with E-state index in [1.165, 1.54) is 17.0 Å². The lowest BCUT2D eigenvalue weighted by Crippen LogP contribution is -2.32.